The number of anilines is 1. The van der Waals surface area contributed by atoms with Gasteiger partial charge in [0.25, 0.3) is 0 Å². The number of nitrogens with one attached hydrogen (secondary N) is 2. The van der Waals surface area contributed by atoms with Gasteiger partial charge in [-0.05, 0) is 43.5 Å². The molecule has 1 aromatic rings. The maximum Gasteiger partial charge on any atom is 0.308 e. The molecule has 0 radical (unpaired) electrons. The van der Waals surface area contributed by atoms with E-state index in [9.17, 15) is 13.2 Å². The second-order valence-corrected chi connectivity index (χ2v) is 6.96. The molecule has 0 spiro atoms. The van der Waals surface area contributed by atoms with Crippen LogP contribution in [0.2, 0.25) is 0 Å². The van der Waals surface area contributed by atoms with Crippen molar-refractivity contribution in [3.63, 3.8) is 0 Å². The van der Waals surface area contributed by atoms with Crippen molar-refractivity contribution in [3.05, 3.63) is 24.3 Å². The van der Waals surface area contributed by atoms with E-state index in [2.05, 4.69) is 10.0 Å². The van der Waals surface area contributed by atoms with Gasteiger partial charge < -0.3 is 10.4 Å². The van der Waals surface area contributed by atoms with E-state index in [4.69, 9.17) is 5.11 Å². The van der Waals surface area contributed by atoms with Gasteiger partial charge in [0.2, 0.25) is 10.0 Å². The SMILES string of the molecule is CCC(CNc1ccc(S(=O)(=O)NC2CC2)cc1)C(=O)O. The first-order valence-electron chi connectivity index (χ1n) is 7.01. The van der Waals surface area contributed by atoms with Gasteiger partial charge in [0.05, 0.1) is 10.8 Å². The second-order valence-electron chi connectivity index (χ2n) is 5.24. The second kappa shape index (κ2) is 6.44. The highest BCUT2D eigenvalue weighted by molar-refractivity contribution is 7.89. The molecular formula is C14H20N2O4S. The fraction of sp³-hybridized carbons (Fsp3) is 0.500. The fourth-order valence-electron chi connectivity index (χ4n) is 1.89. The summed E-state index contributed by atoms with van der Waals surface area (Å²) in [5.41, 5.74) is 0.708. The van der Waals surface area contributed by atoms with Crippen LogP contribution in [0.5, 0.6) is 0 Å². The lowest BCUT2D eigenvalue weighted by atomic mass is 10.1. The van der Waals surface area contributed by atoms with Crippen LogP contribution >= 0.6 is 0 Å². The first-order valence-corrected chi connectivity index (χ1v) is 8.49. The number of hydrogen-bond acceptors (Lipinski definition) is 4. The normalized spacial score (nSPS) is 16.4. The molecule has 0 saturated heterocycles. The van der Waals surface area contributed by atoms with Gasteiger partial charge in [-0.3, -0.25) is 4.79 Å². The molecule has 7 heteroatoms. The van der Waals surface area contributed by atoms with E-state index in [0.717, 1.165) is 12.8 Å². The predicted octanol–water partition coefficient (Wildman–Crippen LogP) is 1.65. The molecule has 1 aromatic carbocycles. The summed E-state index contributed by atoms with van der Waals surface area (Å²) in [4.78, 5) is 11.1. The highest BCUT2D eigenvalue weighted by Crippen LogP contribution is 2.22. The van der Waals surface area contributed by atoms with Gasteiger partial charge in [-0.1, -0.05) is 6.92 Å². The summed E-state index contributed by atoms with van der Waals surface area (Å²) < 4.78 is 26.6. The maximum absolute atomic E-state index is 12.0. The van der Waals surface area contributed by atoms with E-state index in [1.807, 2.05) is 6.92 Å². The molecule has 0 aromatic heterocycles. The first-order chi connectivity index (χ1) is 9.92. The van der Waals surface area contributed by atoms with Crippen molar-refractivity contribution in [2.75, 3.05) is 11.9 Å². The van der Waals surface area contributed by atoms with Crippen LogP contribution in [0.15, 0.2) is 29.2 Å². The summed E-state index contributed by atoms with van der Waals surface area (Å²) in [6.45, 7) is 2.14. The summed E-state index contributed by atoms with van der Waals surface area (Å²) in [5, 5.41) is 12.0. The highest BCUT2D eigenvalue weighted by atomic mass is 32.2. The van der Waals surface area contributed by atoms with Crippen molar-refractivity contribution in [1.29, 1.82) is 0 Å². The Hall–Kier alpha value is -1.60. The third-order valence-corrected chi connectivity index (χ3v) is 4.99. The van der Waals surface area contributed by atoms with Crippen LogP contribution in [-0.4, -0.2) is 32.1 Å². The van der Waals surface area contributed by atoms with Crippen LogP contribution in [0.25, 0.3) is 0 Å². The highest BCUT2D eigenvalue weighted by Gasteiger charge is 2.27. The van der Waals surface area contributed by atoms with E-state index < -0.39 is 21.9 Å². The Morgan fingerprint density at radius 1 is 1.33 bits per heavy atom. The summed E-state index contributed by atoms with van der Waals surface area (Å²) in [6.07, 6.45) is 2.33. The van der Waals surface area contributed by atoms with Gasteiger partial charge in [0.15, 0.2) is 0 Å². The lowest BCUT2D eigenvalue weighted by Gasteiger charge is -2.12. The Bertz CT molecular complexity index is 594. The Balaban J connectivity index is 1.96. The smallest absolute Gasteiger partial charge is 0.308 e. The minimum atomic E-state index is -3.44. The first kappa shape index (κ1) is 15.8. The molecule has 21 heavy (non-hydrogen) atoms. The van der Waals surface area contributed by atoms with Crippen molar-refractivity contribution < 1.29 is 18.3 Å². The monoisotopic (exact) mass is 312 g/mol. The standard InChI is InChI=1S/C14H20N2O4S/c1-2-10(14(17)18)9-15-11-5-7-13(8-6-11)21(19,20)16-12-3-4-12/h5-8,10,12,15-16H,2-4,9H2,1H3,(H,17,18). The zero-order chi connectivity index (χ0) is 15.5. The van der Waals surface area contributed by atoms with Crippen molar-refractivity contribution in [3.8, 4) is 0 Å². The molecule has 0 heterocycles. The van der Waals surface area contributed by atoms with Gasteiger partial charge in [0.1, 0.15) is 0 Å². The van der Waals surface area contributed by atoms with Gasteiger partial charge in [-0.2, -0.15) is 0 Å². The molecule has 1 aliphatic carbocycles. The Morgan fingerprint density at radius 2 is 1.95 bits per heavy atom. The number of rotatable bonds is 8. The molecule has 2 rings (SSSR count). The zero-order valence-corrected chi connectivity index (χ0v) is 12.7. The molecule has 1 aliphatic rings. The molecule has 0 aliphatic heterocycles. The largest absolute Gasteiger partial charge is 0.481 e. The fourth-order valence-corrected chi connectivity index (χ4v) is 3.19. The number of hydrogen-bond donors (Lipinski definition) is 3. The summed E-state index contributed by atoms with van der Waals surface area (Å²) in [7, 11) is -3.44. The molecule has 6 nitrogen and oxygen atoms in total. The number of sulfonamides is 1. The van der Waals surface area contributed by atoms with E-state index in [-0.39, 0.29) is 10.9 Å². The van der Waals surface area contributed by atoms with E-state index in [1.165, 1.54) is 12.1 Å². The molecule has 1 atom stereocenters. The van der Waals surface area contributed by atoms with Crippen LogP contribution < -0.4 is 10.0 Å². The Morgan fingerprint density at radius 3 is 2.43 bits per heavy atom. The summed E-state index contributed by atoms with van der Waals surface area (Å²) in [6, 6.07) is 6.42. The van der Waals surface area contributed by atoms with E-state index in [0.29, 0.717) is 18.7 Å². The minimum absolute atomic E-state index is 0.0775. The van der Waals surface area contributed by atoms with Crippen molar-refractivity contribution >= 4 is 21.7 Å². The number of carboxylic acid groups (broad SMARTS) is 1. The quantitative estimate of drug-likeness (QED) is 0.678. The van der Waals surface area contributed by atoms with Crippen LogP contribution in [0.1, 0.15) is 26.2 Å². The van der Waals surface area contributed by atoms with Crippen LogP contribution in [0, 0.1) is 5.92 Å². The predicted molar refractivity (Wildman–Crippen MR) is 79.7 cm³/mol. The average Bonchev–Trinajstić information content (AvgIpc) is 3.23. The Labute approximate surface area is 124 Å². The molecule has 116 valence electrons. The van der Waals surface area contributed by atoms with Crippen LogP contribution in [0.3, 0.4) is 0 Å². The topological polar surface area (TPSA) is 95.5 Å². The molecule has 1 unspecified atom stereocenters. The lowest BCUT2D eigenvalue weighted by molar-refractivity contribution is -0.141. The van der Waals surface area contributed by atoms with Crippen LogP contribution in [0.4, 0.5) is 5.69 Å². The molecule has 1 fully saturated rings. The van der Waals surface area contributed by atoms with Crippen LogP contribution in [-0.2, 0) is 14.8 Å². The number of benzene rings is 1. The number of carbonyl (C=O) groups is 1. The van der Waals surface area contributed by atoms with Crippen molar-refractivity contribution in [1.82, 2.24) is 4.72 Å². The van der Waals surface area contributed by atoms with Crippen molar-refractivity contribution in [2.24, 2.45) is 5.92 Å². The lowest BCUT2D eigenvalue weighted by Crippen LogP contribution is -2.25. The average molecular weight is 312 g/mol. The van der Waals surface area contributed by atoms with E-state index in [1.54, 1.807) is 12.1 Å². The van der Waals surface area contributed by atoms with Gasteiger partial charge in [-0.25, -0.2) is 13.1 Å². The van der Waals surface area contributed by atoms with Gasteiger partial charge in [-0.15, -0.1) is 0 Å². The summed E-state index contributed by atoms with van der Waals surface area (Å²) >= 11 is 0. The third-order valence-electron chi connectivity index (χ3n) is 3.46. The maximum atomic E-state index is 12.0. The third kappa shape index (κ3) is 4.44. The van der Waals surface area contributed by atoms with Gasteiger partial charge in [0, 0.05) is 18.3 Å². The minimum Gasteiger partial charge on any atom is -0.481 e. The number of carboxylic acids is 1. The molecule has 3 N–H and O–H groups in total. The molecular weight excluding hydrogens is 292 g/mol. The molecule has 1 saturated carbocycles. The molecule has 0 bridgehead atoms. The van der Waals surface area contributed by atoms with Crippen molar-refractivity contribution in [2.45, 2.75) is 37.1 Å². The van der Waals surface area contributed by atoms with Gasteiger partial charge >= 0.3 is 5.97 Å². The summed E-state index contributed by atoms with van der Waals surface area (Å²) in [5.74, 6) is -1.29. The molecule has 0 amide bonds. The zero-order valence-electron chi connectivity index (χ0n) is 11.9. The Kier molecular flexibility index (Phi) is 4.84. The number of aliphatic carboxylic acids is 1. The van der Waals surface area contributed by atoms with E-state index >= 15 is 0 Å².